The molecule has 0 heterocycles. The van der Waals surface area contributed by atoms with Gasteiger partial charge >= 0.3 is 12.1 Å². The van der Waals surface area contributed by atoms with Crippen molar-refractivity contribution >= 4 is 5.97 Å². The second-order valence-electron chi connectivity index (χ2n) is 6.60. The Kier molecular flexibility index (Phi) is 7.02. The van der Waals surface area contributed by atoms with Crippen LogP contribution in [0.4, 0.5) is 13.2 Å². The van der Waals surface area contributed by atoms with Gasteiger partial charge in [-0.1, -0.05) is 45.0 Å². The minimum absolute atomic E-state index is 0.0813. The molecule has 0 saturated heterocycles. The topological polar surface area (TPSA) is 44.8 Å². The van der Waals surface area contributed by atoms with Gasteiger partial charge in [0.05, 0.1) is 0 Å². The van der Waals surface area contributed by atoms with E-state index in [9.17, 15) is 18.0 Å². The van der Waals surface area contributed by atoms with Gasteiger partial charge in [-0.05, 0) is 29.9 Å². The molecule has 1 rings (SSSR count). The molecule has 0 radical (unpaired) electrons. The predicted octanol–water partition coefficient (Wildman–Crippen LogP) is 4.36. The zero-order valence-electron chi connectivity index (χ0n) is 15.2. The van der Waals surface area contributed by atoms with E-state index in [1.165, 1.54) is 7.11 Å². The molecule has 0 aromatic heterocycles. The number of esters is 1. The van der Waals surface area contributed by atoms with E-state index in [1.807, 2.05) is 12.1 Å². The fraction of sp³-hybridized carbons (Fsp3) is 0.611. The van der Waals surface area contributed by atoms with Gasteiger partial charge in [0.2, 0.25) is 0 Å². The number of methoxy groups -OCH3 is 1. The van der Waals surface area contributed by atoms with Crippen LogP contribution in [-0.2, 0) is 31.0 Å². The third-order valence-corrected chi connectivity index (χ3v) is 4.36. The highest BCUT2D eigenvalue weighted by atomic mass is 19.4. The summed E-state index contributed by atoms with van der Waals surface area (Å²) in [7, 11) is 1.17. The maximum absolute atomic E-state index is 13.2. The Morgan fingerprint density at radius 3 is 2.32 bits per heavy atom. The smallest absolute Gasteiger partial charge is 0.428 e. The van der Waals surface area contributed by atoms with Gasteiger partial charge < -0.3 is 14.2 Å². The summed E-state index contributed by atoms with van der Waals surface area (Å²) >= 11 is 0. The first kappa shape index (κ1) is 21.4. The van der Waals surface area contributed by atoms with Crippen molar-refractivity contribution in [3.05, 3.63) is 35.4 Å². The number of carbonyl (C=O) groups is 1. The summed E-state index contributed by atoms with van der Waals surface area (Å²) < 4.78 is 53.5. The molecule has 0 aliphatic rings. The molecule has 7 heteroatoms. The van der Waals surface area contributed by atoms with Crippen LogP contribution in [0, 0.1) is 0 Å². The molecular formula is C18H25F3O4. The normalized spacial score (nSPS) is 14.9. The van der Waals surface area contributed by atoms with Gasteiger partial charge in [-0.2, -0.15) is 13.2 Å². The second-order valence-corrected chi connectivity index (χ2v) is 6.60. The Morgan fingerprint density at radius 1 is 1.16 bits per heavy atom. The van der Waals surface area contributed by atoms with Crippen LogP contribution in [0.3, 0.4) is 0 Å². The Bertz CT molecular complexity index is 584. The monoisotopic (exact) mass is 362 g/mol. The molecule has 0 spiro atoms. The minimum Gasteiger partial charge on any atom is -0.458 e. The van der Waals surface area contributed by atoms with E-state index in [4.69, 9.17) is 4.74 Å². The molecule has 1 unspecified atom stereocenters. The van der Waals surface area contributed by atoms with E-state index in [0.717, 1.165) is 12.0 Å². The predicted molar refractivity (Wildman–Crippen MR) is 87.0 cm³/mol. The van der Waals surface area contributed by atoms with Crippen LogP contribution in [0.25, 0.3) is 0 Å². The molecule has 4 nitrogen and oxygen atoms in total. The Morgan fingerprint density at radius 2 is 1.80 bits per heavy atom. The van der Waals surface area contributed by atoms with Gasteiger partial charge in [-0.25, -0.2) is 4.79 Å². The van der Waals surface area contributed by atoms with E-state index >= 15 is 0 Å². The van der Waals surface area contributed by atoms with Crippen molar-refractivity contribution in [2.24, 2.45) is 0 Å². The highest BCUT2D eigenvalue weighted by molar-refractivity contribution is 5.80. The zero-order chi connectivity index (χ0) is 19.3. The SMILES string of the molecule is CCC(C)(C)c1cccc(COC(=O)C(C)(OCOC)C(F)(F)F)c1. The minimum atomic E-state index is -4.92. The number of ether oxygens (including phenoxy) is 3. The third kappa shape index (κ3) is 5.19. The van der Waals surface area contributed by atoms with Crippen molar-refractivity contribution in [1.29, 1.82) is 0 Å². The fourth-order valence-electron chi connectivity index (χ4n) is 2.01. The molecule has 0 saturated carbocycles. The summed E-state index contributed by atoms with van der Waals surface area (Å²) in [6.45, 7) is 5.87. The first-order chi connectivity index (χ1) is 11.5. The van der Waals surface area contributed by atoms with Gasteiger partial charge in [0.25, 0.3) is 5.60 Å². The van der Waals surface area contributed by atoms with Crippen LogP contribution < -0.4 is 0 Å². The van der Waals surface area contributed by atoms with Gasteiger partial charge in [-0.3, -0.25) is 0 Å². The lowest BCUT2D eigenvalue weighted by molar-refractivity contribution is -0.287. The number of halogens is 3. The van der Waals surface area contributed by atoms with Crippen molar-refractivity contribution in [2.45, 2.75) is 57.9 Å². The fourth-order valence-corrected chi connectivity index (χ4v) is 2.01. The summed E-state index contributed by atoms with van der Waals surface area (Å²) in [4.78, 5) is 12.0. The average molecular weight is 362 g/mol. The Hall–Kier alpha value is -1.60. The summed E-state index contributed by atoms with van der Waals surface area (Å²) in [6.07, 6.45) is -4.03. The maximum atomic E-state index is 13.2. The van der Waals surface area contributed by atoms with Crippen LogP contribution in [0.15, 0.2) is 24.3 Å². The number of hydrogen-bond donors (Lipinski definition) is 0. The van der Waals surface area contributed by atoms with Crippen molar-refractivity contribution in [3.8, 4) is 0 Å². The summed E-state index contributed by atoms with van der Waals surface area (Å²) in [6, 6.07) is 7.26. The van der Waals surface area contributed by atoms with Crippen LogP contribution >= 0.6 is 0 Å². The van der Waals surface area contributed by atoms with E-state index < -0.39 is 24.5 Å². The van der Waals surface area contributed by atoms with E-state index in [1.54, 1.807) is 12.1 Å². The van der Waals surface area contributed by atoms with Crippen molar-refractivity contribution in [2.75, 3.05) is 13.9 Å². The Labute approximate surface area is 146 Å². The lowest BCUT2D eigenvalue weighted by atomic mass is 9.82. The van der Waals surface area contributed by atoms with Crippen LogP contribution in [0.1, 0.15) is 45.2 Å². The van der Waals surface area contributed by atoms with Crippen LogP contribution in [0.2, 0.25) is 0 Å². The van der Waals surface area contributed by atoms with Crippen LogP contribution in [-0.4, -0.2) is 31.6 Å². The quantitative estimate of drug-likeness (QED) is 0.509. The van der Waals surface area contributed by atoms with Crippen molar-refractivity contribution in [1.82, 2.24) is 0 Å². The summed E-state index contributed by atoms with van der Waals surface area (Å²) in [5.74, 6) is -1.50. The first-order valence-electron chi connectivity index (χ1n) is 7.94. The number of hydrogen-bond acceptors (Lipinski definition) is 4. The highest BCUT2D eigenvalue weighted by Crippen LogP contribution is 2.35. The molecule has 0 aliphatic carbocycles. The molecule has 0 aliphatic heterocycles. The maximum Gasteiger partial charge on any atom is 0.428 e. The Balaban J connectivity index is 2.89. The third-order valence-electron chi connectivity index (χ3n) is 4.36. The zero-order valence-corrected chi connectivity index (χ0v) is 15.2. The lowest BCUT2D eigenvalue weighted by Gasteiger charge is -2.29. The standard InChI is InChI=1S/C18H25F3O4/c1-6-16(2,3)14-9-7-8-13(10-14)11-24-15(22)17(4,18(19,20)21)25-12-23-5/h7-10H,6,11-12H2,1-5H3. The molecule has 0 N–H and O–H groups in total. The molecule has 0 fully saturated rings. The number of rotatable bonds is 8. The van der Waals surface area contributed by atoms with E-state index in [0.29, 0.717) is 12.5 Å². The summed E-state index contributed by atoms with van der Waals surface area (Å²) in [5, 5.41) is 0. The number of carbonyl (C=O) groups excluding carboxylic acids is 1. The van der Waals surface area contributed by atoms with Crippen molar-refractivity contribution < 1.29 is 32.2 Å². The molecule has 25 heavy (non-hydrogen) atoms. The second kappa shape index (κ2) is 8.19. The van der Waals surface area contributed by atoms with E-state index in [-0.39, 0.29) is 12.0 Å². The number of alkyl halides is 3. The van der Waals surface area contributed by atoms with Gasteiger partial charge in [0, 0.05) is 7.11 Å². The first-order valence-corrected chi connectivity index (χ1v) is 7.94. The van der Waals surface area contributed by atoms with Crippen molar-refractivity contribution in [3.63, 3.8) is 0 Å². The lowest BCUT2D eigenvalue weighted by Crippen LogP contribution is -2.52. The van der Waals surface area contributed by atoms with Crippen LogP contribution in [0.5, 0.6) is 0 Å². The molecule has 0 amide bonds. The van der Waals surface area contributed by atoms with Gasteiger partial charge in [-0.15, -0.1) is 0 Å². The van der Waals surface area contributed by atoms with Gasteiger partial charge in [0.15, 0.2) is 0 Å². The van der Waals surface area contributed by atoms with E-state index in [2.05, 4.69) is 30.2 Å². The molecule has 142 valence electrons. The molecular weight excluding hydrogens is 337 g/mol. The molecule has 1 aromatic rings. The van der Waals surface area contributed by atoms with Gasteiger partial charge in [0.1, 0.15) is 13.4 Å². The average Bonchev–Trinajstić information content (AvgIpc) is 2.56. The summed E-state index contributed by atoms with van der Waals surface area (Å²) in [5.41, 5.74) is -1.52. The molecule has 1 aromatic carbocycles. The number of benzene rings is 1. The highest BCUT2D eigenvalue weighted by Gasteiger charge is 2.59. The molecule has 0 bridgehead atoms. The largest absolute Gasteiger partial charge is 0.458 e. The molecule has 1 atom stereocenters.